The Balaban J connectivity index is 1.60. The van der Waals surface area contributed by atoms with Gasteiger partial charge in [-0.15, -0.1) is 0 Å². The van der Waals surface area contributed by atoms with Gasteiger partial charge in [0, 0.05) is 30.6 Å². The van der Waals surface area contributed by atoms with E-state index in [-0.39, 0.29) is 45.0 Å². The van der Waals surface area contributed by atoms with Crippen molar-refractivity contribution < 1.29 is 41.4 Å². The van der Waals surface area contributed by atoms with Gasteiger partial charge in [-0.2, -0.15) is 13.2 Å². The Morgan fingerprint density at radius 3 is 2.39 bits per heavy atom. The molecule has 41 heavy (non-hydrogen) atoms. The van der Waals surface area contributed by atoms with E-state index in [0.29, 0.717) is 13.0 Å². The minimum atomic E-state index is -4.84. The Labute approximate surface area is 238 Å². The minimum absolute atomic E-state index is 0.0129. The van der Waals surface area contributed by atoms with Crippen molar-refractivity contribution in [3.8, 4) is 28.5 Å². The quantitative estimate of drug-likeness (QED) is 0.335. The fourth-order valence-electron chi connectivity index (χ4n) is 4.21. The van der Waals surface area contributed by atoms with Crippen molar-refractivity contribution >= 4 is 23.4 Å². The normalized spacial score (nSPS) is 16.5. The highest BCUT2D eigenvalue weighted by Gasteiger charge is 2.53. The van der Waals surface area contributed by atoms with Crippen LogP contribution in [0.4, 0.5) is 17.6 Å². The minimum Gasteiger partial charge on any atom is -0.494 e. The van der Waals surface area contributed by atoms with Crippen molar-refractivity contribution in [2.75, 3.05) is 27.3 Å². The van der Waals surface area contributed by atoms with Crippen molar-refractivity contribution in [1.82, 2.24) is 15.6 Å². The SMILES string of the molecule is COc1cc(C(=O)NCC(C)(c2ccc(OC)c(-c3ccc(F)c(Cl)c3)n2)C(F)(F)F)ccc1OC1CCNC1=O. The monoisotopic (exact) mass is 595 g/mol. The van der Waals surface area contributed by atoms with Crippen LogP contribution in [-0.4, -0.2) is 56.4 Å². The highest BCUT2D eigenvalue weighted by Crippen LogP contribution is 2.42. The lowest BCUT2D eigenvalue weighted by Crippen LogP contribution is -2.49. The summed E-state index contributed by atoms with van der Waals surface area (Å²) in [4.78, 5) is 29.0. The Bertz CT molecular complexity index is 1470. The number of benzene rings is 2. The van der Waals surface area contributed by atoms with Crippen molar-refractivity contribution in [1.29, 1.82) is 0 Å². The second-order valence-corrected chi connectivity index (χ2v) is 9.85. The van der Waals surface area contributed by atoms with Crippen LogP contribution in [-0.2, 0) is 10.2 Å². The standard InChI is InChI=1S/C28H26ClF4N3O5/c1-27(28(31,32)33,23-9-8-20(39-2)24(36-23)15-4-6-18(30)17(29)12-15)14-35-25(37)16-5-7-19(22(13-16)40-3)41-21-10-11-34-26(21)38/h4-9,12-13,21H,10-11,14H2,1-3H3,(H,34,38)(H,35,37). The molecule has 1 aliphatic rings. The molecule has 1 aliphatic heterocycles. The van der Waals surface area contributed by atoms with Gasteiger partial charge in [0.05, 0.1) is 24.9 Å². The Morgan fingerprint density at radius 1 is 1.07 bits per heavy atom. The lowest BCUT2D eigenvalue weighted by atomic mass is 9.84. The van der Waals surface area contributed by atoms with Gasteiger partial charge in [-0.05, 0) is 55.5 Å². The average molecular weight is 596 g/mol. The summed E-state index contributed by atoms with van der Waals surface area (Å²) in [5.41, 5.74) is -2.76. The summed E-state index contributed by atoms with van der Waals surface area (Å²) in [6.07, 6.45) is -5.10. The number of nitrogens with zero attached hydrogens (tertiary/aromatic N) is 1. The van der Waals surface area contributed by atoms with Crippen molar-refractivity contribution in [2.24, 2.45) is 0 Å². The number of nitrogens with one attached hydrogen (secondary N) is 2. The molecule has 2 amide bonds. The highest BCUT2D eigenvalue weighted by atomic mass is 35.5. The summed E-state index contributed by atoms with van der Waals surface area (Å²) in [7, 11) is 2.65. The van der Waals surface area contributed by atoms with E-state index in [1.54, 1.807) is 0 Å². The first kappa shape index (κ1) is 29.9. The largest absolute Gasteiger partial charge is 0.494 e. The third-order valence-electron chi connectivity index (χ3n) is 6.76. The van der Waals surface area contributed by atoms with Gasteiger partial charge in [0.25, 0.3) is 11.8 Å². The molecule has 218 valence electrons. The van der Waals surface area contributed by atoms with Gasteiger partial charge in [-0.3, -0.25) is 9.59 Å². The Kier molecular flexibility index (Phi) is 8.62. The fourth-order valence-corrected chi connectivity index (χ4v) is 4.39. The molecule has 1 aromatic heterocycles. The first-order chi connectivity index (χ1) is 19.4. The highest BCUT2D eigenvalue weighted by molar-refractivity contribution is 6.31. The molecule has 2 atom stereocenters. The van der Waals surface area contributed by atoms with E-state index in [2.05, 4.69) is 15.6 Å². The number of rotatable bonds is 9. The summed E-state index contributed by atoms with van der Waals surface area (Å²) >= 11 is 5.88. The Hall–Kier alpha value is -4.06. The van der Waals surface area contributed by atoms with Crippen LogP contribution in [0, 0.1) is 5.82 Å². The lowest BCUT2D eigenvalue weighted by molar-refractivity contribution is -0.184. The van der Waals surface area contributed by atoms with Gasteiger partial charge in [0.2, 0.25) is 0 Å². The van der Waals surface area contributed by atoms with E-state index < -0.39 is 41.7 Å². The molecule has 0 saturated carbocycles. The second-order valence-electron chi connectivity index (χ2n) is 9.44. The van der Waals surface area contributed by atoms with Crippen LogP contribution >= 0.6 is 11.6 Å². The first-order valence-corrected chi connectivity index (χ1v) is 12.7. The number of methoxy groups -OCH3 is 2. The third kappa shape index (κ3) is 6.17. The van der Waals surface area contributed by atoms with Gasteiger partial charge >= 0.3 is 6.18 Å². The molecule has 0 spiro atoms. The van der Waals surface area contributed by atoms with Crippen LogP contribution in [0.1, 0.15) is 29.4 Å². The second kappa shape index (κ2) is 11.8. The molecule has 4 rings (SSSR count). The van der Waals surface area contributed by atoms with Gasteiger partial charge < -0.3 is 24.8 Å². The van der Waals surface area contributed by atoms with E-state index in [4.69, 9.17) is 25.8 Å². The molecule has 8 nitrogen and oxygen atoms in total. The van der Waals surface area contributed by atoms with E-state index in [1.165, 1.54) is 50.6 Å². The number of hydrogen-bond donors (Lipinski definition) is 2. The zero-order chi connectivity index (χ0) is 29.9. The molecule has 3 aromatic rings. The maximum Gasteiger partial charge on any atom is 0.401 e. The van der Waals surface area contributed by atoms with Crippen LogP contribution in [0.2, 0.25) is 5.02 Å². The van der Waals surface area contributed by atoms with E-state index in [0.717, 1.165) is 19.1 Å². The number of alkyl halides is 3. The van der Waals surface area contributed by atoms with E-state index in [1.807, 2.05) is 0 Å². The van der Waals surface area contributed by atoms with Crippen molar-refractivity contribution in [3.63, 3.8) is 0 Å². The van der Waals surface area contributed by atoms with Gasteiger partial charge in [0.1, 0.15) is 22.7 Å². The fraction of sp³-hybridized carbons (Fsp3) is 0.321. The van der Waals surface area contributed by atoms with Crippen LogP contribution in [0.5, 0.6) is 17.2 Å². The Morgan fingerprint density at radius 2 is 1.78 bits per heavy atom. The molecule has 1 saturated heterocycles. The number of ether oxygens (including phenoxy) is 3. The van der Waals surface area contributed by atoms with Gasteiger partial charge in [0.15, 0.2) is 17.6 Å². The maximum atomic E-state index is 14.5. The number of carbonyl (C=O) groups is 2. The molecule has 2 unspecified atom stereocenters. The molecular weight excluding hydrogens is 570 g/mol. The molecule has 0 bridgehead atoms. The predicted octanol–water partition coefficient (Wildman–Crippen LogP) is 5.08. The zero-order valence-corrected chi connectivity index (χ0v) is 23.0. The topological polar surface area (TPSA) is 98.8 Å². The van der Waals surface area contributed by atoms with Gasteiger partial charge in [-0.1, -0.05) is 11.6 Å². The molecule has 1 fully saturated rings. The summed E-state index contributed by atoms with van der Waals surface area (Å²) in [5.74, 6) is -1.29. The summed E-state index contributed by atoms with van der Waals surface area (Å²) in [6.45, 7) is 0.515. The molecular formula is C28H26ClF4N3O5. The smallest absolute Gasteiger partial charge is 0.401 e. The number of aromatic nitrogens is 1. The molecule has 2 N–H and O–H groups in total. The number of carbonyl (C=O) groups excluding carboxylic acids is 2. The molecule has 13 heteroatoms. The van der Waals surface area contributed by atoms with Crippen molar-refractivity contribution in [3.05, 3.63) is 70.6 Å². The number of hydrogen-bond acceptors (Lipinski definition) is 6. The van der Waals surface area contributed by atoms with Crippen molar-refractivity contribution in [2.45, 2.75) is 31.0 Å². The number of amides is 2. The molecule has 2 heterocycles. The van der Waals surface area contributed by atoms with Crippen LogP contribution in [0.25, 0.3) is 11.3 Å². The lowest BCUT2D eigenvalue weighted by Gasteiger charge is -2.32. The first-order valence-electron chi connectivity index (χ1n) is 12.4. The third-order valence-corrected chi connectivity index (χ3v) is 7.05. The zero-order valence-electron chi connectivity index (χ0n) is 22.2. The summed E-state index contributed by atoms with van der Waals surface area (Å²) in [5, 5.41) is 4.75. The summed E-state index contributed by atoms with van der Waals surface area (Å²) < 4.78 is 73.5. The molecule has 0 aliphatic carbocycles. The van der Waals surface area contributed by atoms with E-state index >= 15 is 0 Å². The molecule has 2 aromatic carbocycles. The average Bonchev–Trinajstić information content (AvgIpc) is 3.36. The number of pyridine rings is 1. The maximum absolute atomic E-state index is 14.5. The van der Waals surface area contributed by atoms with Gasteiger partial charge in [-0.25, -0.2) is 9.37 Å². The predicted molar refractivity (Wildman–Crippen MR) is 142 cm³/mol. The summed E-state index contributed by atoms with van der Waals surface area (Å²) in [6, 6.07) is 10.2. The van der Waals surface area contributed by atoms with E-state index in [9.17, 15) is 27.2 Å². The van der Waals surface area contributed by atoms with Crippen LogP contribution < -0.4 is 24.8 Å². The molecule has 0 radical (unpaired) electrons. The van der Waals surface area contributed by atoms with Crippen LogP contribution in [0.15, 0.2) is 48.5 Å². The number of halogens is 5. The van der Waals surface area contributed by atoms with Crippen LogP contribution in [0.3, 0.4) is 0 Å².